The van der Waals surface area contributed by atoms with Crippen LogP contribution in [0.4, 0.5) is 8.78 Å². The molecule has 1 N–H and O–H groups in total. The van der Waals surface area contributed by atoms with E-state index in [2.05, 4.69) is 33.6 Å². The third kappa shape index (κ3) is 6.14. The molecule has 0 unspecified atom stereocenters. The van der Waals surface area contributed by atoms with Crippen LogP contribution >= 0.6 is 11.3 Å². The minimum atomic E-state index is -1.01. The summed E-state index contributed by atoms with van der Waals surface area (Å²) in [6, 6.07) is 1.26. The van der Waals surface area contributed by atoms with Crippen LogP contribution in [0, 0.1) is 18.6 Å². The standard InChI is InChI=1S/C30H36F2N6O4S/c1-6-38(19-7-8-19)18(3)36-12-13-37(23(16-36)29(39)41-4)15-22-24(30(40)42-5)26(20-9-10-21(31)25(32)17(20)2)35-27(34-22)28-33-11-14-43-28/h9-11,14,19,23,26H,3,6-8,12-13,15-16H2,1-2,4-5H3,(H,34,35)/t23-,26-/m0/s1. The third-order valence-electron chi connectivity index (χ3n) is 8.19. The van der Waals surface area contributed by atoms with Gasteiger partial charge in [0.05, 0.1) is 25.6 Å². The zero-order valence-corrected chi connectivity index (χ0v) is 25.5. The first-order chi connectivity index (χ1) is 20.7. The van der Waals surface area contributed by atoms with E-state index in [1.165, 1.54) is 38.5 Å². The second-order valence-corrected chi connectivity index (χ2v) is 11.6. The Balaban J connectivity index is 1.52. The average Bonchev–Trinajstić information content (AvgIpc) is 3.70. The minimum absolute atomic E-state index is 0.0330. The van der Waals surface area contributed by atoms with Crippen molar-refractivity contribution in [1.82, 2.24) is 25.0 Å². The number of aromatic nitrogens is 1. The van der Waals surface area contributed by atoms with Gasteiger partial charge in [0, 0.05) is 56.0 Å². The number of nitrogens with one attached hydrogen (secondary N) is 1. The van der Waals surface area contributed by atoms with Crippen molar-refractivity contribution in [2.24, 2.45) is 4.99 Å². The zero-order chi connectivity index (χ0) is 30.8. The Bertz CT molecular complexity index is 1460. The monoisotopic (exact) mass is 614 g/mol. The average molecular weight is 615 g/mol. The zero-order valence-electron chi connectivity index (χ0n) is 24.7. The molecule has 1 saturated carbocycles. The van der Waals surface area contributed by atoms with Crippen LogP contribution in [0.15, 0.2) is 52.4 Å². The number of thiazole rings is 1. The Hall–Kier alpha value is -3.84. The molecule has 2 aliphatic heterocycles. The topological polar surface area (TPSA) is 99.6 Å². The van der Waals surface area contributed by atoms with E-state index in [1.807, 2.05) is 4.90 Å². The lowest BCUT2D eigenvalue weighted by Crippen LogP contribution is -2.58. The Morgan fingerprint density at radius 2 is 1.98 bits per heavy atom. The van der Waals surface area contributed by atoms with Crippen LogP contribution in [0.2, 0.25) is 0 Å². The Labute approximate surface area is 253 Å². The molecule has 0 amide bonds. The number of esters is 2. The van der Waals surface area contributed by atoms with Crippen LogP contribution in [0.25, 0.3) is 0 Å². The summed E-state index contributed by atoms with van der Waals surface area (Å²) < 4.78 is 39.2. The second kappa shape index (κ2) is 12.8. The van der Waals surface area contributed by atoms with E-state index in [0.717, 1.165) is 31.3 Å². The van der Waals surface area contributed by atoms with Gasteiger partial charge >= 0.3 is 11.9 Å². The number of rotatable bonds is 10. The van der Waals surface area contributed by atoms with Gasteiger partial charge in [-0.15, -0.1) is 11.3 Å². The van der Waals surface area contributed by atoms with Crippen molar-refractivity contribution < 1.29 is 27.8 Å². The predicted molar refractivity (Wildman–Crippen MR) is 158 cm³/mol. The molecule has 1 saturated heterocycles. The number of amidine groups is 1. The number of benzene rings is 1. The van der Waals surface area contributed by atoms with Crippen molar-refractivity contribution in [3.8, 4) is 0 Å². The fourth-order valence-corrected chi connectivity index (χ4v) is 6.32. The van der Waals surface area contributed by atoms with Gasteiger partial charge in [-0.2, -0.15) is 0 Å². The lowest BCUT2D eigenvalue weighted by Gasteiger charge is -2.44. The van der Waals surface area contributed by atoms with E-state index >= 15 is 0 Å². The summed E-state index contributed by atoms with van der Waals surface area (Å²) in [5, 5.41) is 5.59. The van der Waals surface area contributed by atoms with Gasteiger partial charge in [-0.1, -0.05) is 12.6 Å². The Morgan fingerprint density at radius 3 is 2.60 bits per heavy atom. The van der Waals surface area contributed by atoms with E-state index in [-0.39, 0.29) is 17.7 Å². The highest BCUT2D eigenvalue weighted by Crippen LogP contribution is 2.36. The minimum Gasteiger partial charge on any atom is -0.468 e. The van der Waals surface area contributed by atoms with Crippen molar-refractivity contribution in [2.75, 3.05) is 46.9 Å². The fourth-order valence-electron chi connectivity index (χ4n) is 5.73. The smallest absolute Gasteiger partial charge is 0.338 e. The van der Waals surface area contributed by atoms with Crippen LogP contribution in [-0.4, -0.2) is 96.5 Å². The summed E-state index contributed by atoms with van der Waals surface area (Å²) in [6.07, 6.45) is 3.89. The van der Waals surface area contributed by atoms with Crippen molar-refractivity contribution in [3.05, 3.63) is 75.1 Å². The second-order valence-electron chi connectivity index (χ2n) is 10.7. The molecule has 0 radical (unpaired) electrons. The first-order valence-corrected chi connectivity index (χ1v) is 15.1. The SMILES string of the molecule is C=C(N1CCN(CC2=C(C(=O)OC)[C@H](c3ccc(F)c(F)c3C)N=C(c3nccs3)N2)[C@H](C(=O)OC)C1)N(CC)C1CC1. The molecule has 1 aromatic carbocycles. The molecule has 2 aromatic rings. The van der Waals surface area contributed by atoms with Gasteiger partial charge in [0.15, 0.2) is 22.5 Å². The van der Waals surface area contributed by atoms with Crippen molar-refractivity contribution >= 4 is 29.1 Å². The van der Waals surface area contributed by atoms with Crippen LogP contribution < -0.4 is 5.32 Å². The Kier molecular flexibility index (Phi) is 9.11. The van der Waals surface area contributed by atoms with Gasteiger partial charge in [0.2, 0.25) is 0 Å². The van der Waals surface area contributed by atoms with Gasteiger partial charge in [-0.25, -0.2) is 18.6 Å². The molecule has 2 fully saturated rings. The predicted octanol–water partition coefficient (Wildman–Crippen LogP) is 3.36. The van der Waals surface area contributed by atoms with Gasteiger partial charge in [-0.3, -0.25) is 14.7 Å². The van der Waals surface area contributed by atoms with Crippen LogP contribution in [-0.2, 0) is 19.1 Å². The number of piperazine rings is 1. The van der Waals surface area contributed by atoms with E-state index < -0.39 is 35.7 Å². The number of aliphatic imine (C=N–C) groups is 1. The lowest BCUT2D eigenvalue weighted by atomic mass is 9.91. The highest BCUT2D eigenvalue weighted by Gasteiger charge is 2.40. The molecule has 2 atom stereocenters. The molecule has 3 aliphatic rings. The summed E-state index contributed by atoms with van der Waals surface area (Å²) in [7, 11) is 2.60. The number of carbonyl (C=O) groups excluding carboxylic acids is 2. The first-order valence-electron chi connectivity index (χ1n) is 14.2. The van der Waals surface area contributed by atoms with Crippen LogP contribution in [0.3, 0.4) is 0 Å². The quantitative estimate of drug-likeness (QED) is 0.404. The normalized spacial score (nSPS) is 20.8. The summed E-state index contributed by atoms with van der Waals surface area (Å²) >= 11 is 1.34. The summed E-state index contributed by atoms with van der Waals surface area (Å²) in [4.78, 5) is 41.9. The Morgan fingerprint density at radius 1 is 1.21 bits per heavy atom. The molecular formula is C30H36F2N6O4S. The molecule has 3 heterocycles. The summed E-state index contributed by atoms with van der Waals surface area (Å²) in [5.41, 5.74) is 0.914. The molecule has 13 heteroatoms. The number of methoxy groups -OCH3 is 2. The molecule has 10 nitrogen and oxygen atoms in total. The van der Waals surface area contributed by atoms with Crippen molar-refractivity contribution in [1.29, 1.82) is 0 Å². The molecule has 0 spiro atoms. The number of hydrogen-bond acceptors (Lipinski definition) is 11. The maximum Gasteiger partial charge on any atom is 0.338 e. The molecule has 43 heavy (non-hydrogen) atoms. The molecule has 1 aliphatic carbocycles. The highest BCUT2D eigenvalue weighted by atomic mass is 32.1. The van der Waals surface area contributed by atoms with Crippen LogP contribution in [0.1, 0.15) is 41.9 Å². The first kappa shape index (κ1) is 30.6. The van der Waals surface area contributed by atoms with Gasteiger partial charge < -0.3 is 24.6 Å². The largest absolute Gasteiger partial charge is 0.468 e. The molecule has 230 valence electrons. The van der Waals surface area contributed by atoms with Gasteiger partial charge in [0.25, 0.3) is 0 Å². The number of hydrogen-bond donors (Lipinski definition) is 1. The lowest BCUT2D eigenvalue weighted by molar-refractivity contribution is -0.149. The maximum absolute atomic E-state index is 14.8. The highest BCUT2D eigenvalue weighted by molar-refractivity contribution is 7.11. The molecule has 5 rings (SSSR count). The fraction of sp³-hybridized carbons (Fsp3) is 0.467. The van der Waals surface area contributed by atoms with E-state index in [0.29, 0.717) is 47.8 Å². The van der Waals surface area contributed by atoms with E-state index in [1.54, 1.807) is 11.6 Å². The molecular weight excluding hydrogens is 578 g/mol. The van der Waals surface area contributed by atoms with Crippen LogP contribution in [0.5, 0.6) is 0 Å². The van der Waals surface area contributed by atoms with Gasteiger partial charge in [-0.05, 0) is 43.9 Å². The van der Waals surface area contributed by atoms with Crippen molar-refractivity contribution in [2.45, 2.75) is 44.8 Å². The summed E-state index contributed by atoms with van der Waals surface area (Å²) in [5.74, 6) is -1.84. The van der Waals surface area contributed by atoms with Crippen molar-refractivity contribution in [3.63, 3.8) is 0 Å². The number of nitrogens with zero attached hydrogens (tertiary/aromatic N) is 5. The molecule has 0 bridgehead atoms. The number of carbonyl (C=O) groups is 2. The van der Waals surface area contributed by atoms with E-state index in [9.17, 15) is 18.4 Å². The number of halogens is 2. The van der Waals surface area contributed by atoms with E-state index in [4.69, 9.17) is 14.5 Å². The molecule has 1 aromatic heterocycles. The maximum atomic E-state index is 14.8. The third-order valence-corrected chi connectivity index (χ3v) is 8.97. The number of ether oxygens (including phenoxy) is 2. The van der Waals surface area contributed by atoms with Gasteiger partial charge in [0.1, 0.15) is 12.1 Å². The summed E-state index contributed by atoms with van der Waals surface area (Å²) in [6.45, 7) is 10.3.